The van der Waals surface area contributed by atoms with E-state index in [1.165, 1.54) is 43.1 Å². The fraction of sp³-hybridized carbons (Fsp3) is 0.462. The second kappa shape index (κ2) is 62.5. The first-order chi connectivity index (χ1) is 25.9. The molecular formula is C52H92. The second-order valence-corrected chi connectivity index (χ2v) is 7.09. The first-order valence-corrected chi connectivity index (χ1v) is 21.6. The van der Waals surface area contributed by atoms with Gasteiger partial charge in [0.05, 0.1) is 0 Å². The lowest BCUT2D eigenvalue weighted by molar-refractivity contribution is 1.50. The quantitative estimate of drug-likeness (QED) is 0.137. The van der Waals surface area contributed by atoms with E-state index in [0.717, 1.165) is 0 Å². The predicted molar refractivity (Wildman–Crippen MR) is 259 cm³/mol. The summed E-state index contributed by atoms with van der Waals surface area (Å²) in [6.07, 6.45) is 0. The monoisotopic (exact) mass is 717 g/mol. The number of hydrogen-bond donors (Lipinski definition) is 0. The molecule has 0 aromatic heterocycles. The molecule has 6 rings (SSSR count). The number of benzene rings is 6. The summed E-state index contributed by atoms with van der Waals surface area (Å²) in [5.74, 6) is 0. The zero-order chi connectivity index (χ0) is 42.8. The van der Waals surface area contributed by atoms with Crippen LogP contribution in [0.1, 0.15) is 166 Å². The number of fused-ring (bicyclic) bond motifs is 4. The van der Waals surface area contributed by atoms with E-state index < -0.39 is 0 Å². The van der Waals surface area contributed by atoms with Gasteiger partial charge in [0.2, 0.25) is 0 Å². The van der Waals surface area contributed by atoms with Gasteiger partial charge in [0.25, 0.3) is 0 Å². The molecule has 0 spiro atoms. The first-order valence-electron chi connectivity index (χ1n) is 21.6. The molecule has 6 aromatic rings. The maximum absolute atomic E-state index is 2.24. The van der Waals surface area contributed by atoms with Gasteiger partial charge in [0.15, 0.2) is 0 Å². The zero-order valence-electron chi connectivity index (χ0n) is 39.5. The summed E-state index contributed by atoms with van der Waals surface area (Å²) in [5, 5.41) is 10.5. The van der Waals surface area contributed by atoms with Crippen LogP contribution in [-0.4, -0.2) is 0 Å². The molecule has 0 radical (unpaired) electrons. The second-order valence-electron chi connectivity index (χ2n) is 7.09. The van der Waals surface area contributed by atoms with E-state index >= 15 is 0 Å². The topological polar surface area (TPSA) is 0 Å². The van der Waals surface area contributed by atoms with Crippen LogP contribution < -0.4 is 0 Å². The highest BCUT2D eigenvalue weighted by atomic mass is 14.0. The van der Waals surface area contributed by atoms with Crippen molar-refractivity contribution in [3.8, 4) is 0 Å². The molecule has 0 amide bonds. The summed E-state index contributed by atoms with van der Waals surface area (Å²) in [5.41, 5.74) is 0. The van der Waals surface area contributed by atoms with E-state index in [1.54, 1.807) is 0 Å². The molecule has 0 heteroatoms. The Hall–Kier alpha value is -3.64. The molecular weight excluding hydrogens is 625 g/mol. The molecule has 300 valence electrons. The highest BCUT2D eigenvalue weighted by molar-refractivity contribution is 5.99. The van der Waals surface area contributed by atoms with Crippen LogP contribution >= 0.6 is 0 Å². The minimum atomic E-state index is 1.31. The highest BCUT2D eigenvalue weighted by Gasteiger charge is 1.96. The lowest BCUT2D eigenvalue weighted by Crippen LogP contribution is -1.74. The van der Waals surface area contributed by atoms with Gasteiger partial charge in [-0.2, -0.15) is 0 Å². The average molecular weight is 717 g/mol. The van der Waals surface area contributed by atoms with Crippen LogP contribution in [0, 0.1) is 0 Å². The zero-order valence-corrected chi connectivity index (χ0v) is 39.5. The van der Waals surface area contributed by atoms with E-state index in [0.29, 0.717) is 0 Å². The molecule has 0 fully saturated rings. The molecule has 0 saturated carbocycles. The summed E-state index contributed by atoms with van der Waals surface area (Å²) in [7, 11) is 0. The number of rotatable bonds is 0. The summed E-state index contributed by atoms with van der Waals surface area (Å²) >= 11 is 0. The minimum absolute atomic E-state index is 1.31. The first kappa shape index (κ1) is 66.6. The maximum Gasteiger partial charge on any atom is -0.0178 e. The van der Waals surface area contributed by atoms with Crippen molar-refractivity contribution in [1.82, 2.24) is 0 Å². The van der Waals surface area contributed by atoms with Gasteiger partial charge in [-0.25, -0.2) is 0 Å². The Morgan fingerprint density at radius 1 is 0.154 bits per heavy atom. The van der Waals surface area contributed by atoms with Gasteiger partial charge in [-0.3, -0.25) is 0 Å². The van der Waals surface area contributed by atoms with Crippen LogP contribution in [0.15, 0.2) is 121 Å². The smallest absolute Gasteiger partial charge is 0.0178 e. The lowest BCUT2D eigenvalue weighted by Gasteiger charge is -2.00. The fourth-order valence-electron chi connectivity index (χ4n) is 3.77. The molecule has 0 saturated heterocycles. The predicted octanol–water partition coefficient (Wildman–Crippen LogP) is 20.3. The normalized spacial score (nSPS) is 7.23. The number of hydrogen-bond acceptors (Lipinski definition) is 0. The van der Waals surface area contributed by atoms with E-state index in [2.05, 4.69) is 121 Å². The Balaban J connectivity index is -0.0000000794. The fourth-order valence-corrected chi connectivity index (χ4v) is 3.77. The molecule has 0 aliphatic rings. The third-order valence-electron chi connectivity index (χ3n) is 5.23. The van der Waals surface area contributed by atoms with Gasteiger partial charge in [-0.1, -0.05) is 263 Å². The van der Waals surface area contributed by atoms with E-state index in [4.69, 9.17) is 0 Å². The summed E-state index contributed by atoms with van der Waals surface area (Å²) in [6, 6.07) is 42.8. The molecule has 0 N–H and O–H groups in total. The van der Waals surface area contributed by atoms with Crippen molar-refractivity contribution in [2.24, 2.45) is 0 Å². The van der Waals surface area contributed by atoms with E-state index in [9.17, 15) is 0 Å². The van der Waals surface area contributed by atoms with Crippen molar-refractivity contribution in [3.63, 3.8) is 0 Å². The highest BCUT2D eigenvalue weighted by Crippen LogP contribution is 2.23. The summed E-state index contributed by atoms with van der Waals surface area (Å²) < 4.78 is 0. The Kier molecular flexibility index (Phi) is 80.0. The van der Waals surface area contributed by atoms with Crippen molar-refractivity contribution in [1.29, 1.82) is 0 Å². The summed E-state index contributed by atoms with van der Waals surface area (Å²) in [6.45, 7) is 48.0. The average Bonchev–Trinajstić information content (AvgIpc) is 3.30. The Labute approximate surface area is 329 Å². The largest absolute Gasteiger partial charge is 0.0683 e. The molecule has 0 unspecified atom stereocenters. The van der Waals surface area contributed by atoms with Gasteiger partial charge in [-0.15, -0.1) is 0 Å². The molecule has 0 atom stereocenters. The maximum atomic E-state index is 2.24. The van der Waals surface area contributed by atoms with Crippen LogP contribution in [0.5, 0.6) is 0 Å². The molecule has 0 heterocycles. The van der Waals surface area contributed by atoms with Crippen LogP contribution in [0.25, 0.3) is 43.1 Å². The molecule has 0 aliphatic heterocycles. The van der Waals surface area contributed by atoms with Gasteiger partial charge in [0, 0.05) is 0 Å². The third-order valence-corrected chi connectivity index (χ3v) is 5.23. The molecule has 0 nitrogen and oxygen atoms in total. The van der Waals surface area contributed by atoms with Crippen LogP contribution in [0.2, 0.25) is 0 Å². The van der Waals surface area contributed by atoms with Gasteiger partial charge >= 0.3 is 0 Å². The Bertz CT molecular complexity index is 1090. The Morgan fingerprint density at radius 2 is 0.231 bits per heavy atom. The lowest BCUT2D eigenvalue weighted by atomic mass is 10.0. The van der Waals surface area contributed by atoms with Gasteiger partial charge in [-0.05, 0) is 67.4 Å². The molecule has 0 bridgehead atoms. The van der Waals surface area contributed by atoms with Crippen LogP contribution in [0.3, 0.4) is 0 Å². The van der Waals surface area contributed by atoms with Crippen molar-refractivity contribution >= 4 is 43.1 Å². The minimum Gasteiger partial charge on any atom is -0.0683 e. The van der Waals surface area contributed by atoms with Crippen molar-refractivity contribution < 1.29 is 0 Å². The van der Waals surface area contributed by atoms with Gasteiger partial charge < -0.3 is 0 Å². The standard InChI is InChI=1S/2C14H10.12C2H6/c2*1-2-6-12-10-14-8-4-3-7-13(14)9-11(12)5-1;12*1-2/h2*1-10H;12*1-2H3. The molecule has 6 aromatic carbocycles. The molecule has 52 heavy (non-hydrogen) atoms. The van der Waals surface area contributed by atoms with E-state index in [1.807, 2.05) is 166 Å². The summed E-state index contributed by atoms with van der Waals surface area (Å²) in [4.78, 5) is 0. The van der Waals surface area contributed by atoms with Crippen molar-refractivity contribution in [2.45, 2.75) is 166 Å². The molecule has 0 aliphatic carbocycles. The van der Waals surface area contributed by atoms with Crippen LogP contribution in [-0.2, 0) is 0 Å². The van der Waals surface area contributed by atoms with E-state index in [-0.39, 0.29) is 0 Å². The third kappa shape index (κ3) is 30.0. The van der Waals surface area contributed by atoms with Crippen molar-refractivity contribution in [3.05, 3.63) is 121 Å². The van der Waals surface area contributed by atoms with Gasteiger partial charge in [0.1, 0.15) is 0 Å². The van der Waals surface area contributed by atoms with Crippen molar-refractivity contribution in [2.75, 3.05) is 0 Å². The Morgan fingerprint density at radius 3 is 0.308 bits per heavy atom. The van der Waals surface area contributed by atoms with Crippen LogP contribution in [0.4, 0.5) is 0 Å². The SMILES string of the molecule is CC.CC.CC.CC.CC.CC.CC.CC.CC.CC.CC.CC.c1ccc2cc3ccccc3cc2c1.c1ccc2cc3ccccc3cc2c1.